The Morgan fingerprint density at radius 1 is 1.09 bits per heavy atom. The zero-order chi connectivity index (χ0) is 16.5. The van der Waals surface area contributed by atoms with Crippen LogP contribution in [-0.2, 0) is 0 Å². The Labute approximate surface area is 137 Å². The van der Waals surface area contributed by atoms with Crippen LogP contribution in [0, 0.1) is 0 Å². The molecule has 2 aromatic rings. The Kier molecular flexibility index (Phi) is 6.54. The highest BCUT2D eigenvalue weighted by atomic mass is 16.1. The summed E-state index contributed by atoms with van der Waals surface area (Å²) in [6.45, 7) is 2.99. The second kappa shape index (κ2) is 8.88. The Morgan fingerprint density at radius 3 is 2.52 bits per heavy atom. The molecule has 2 rings (SSSR count). The number of hydrogen-bond acceptors (Lipinski definition) is 4. The number of unbranched alkanes of at least 4 members (excludes halogenated alkanes) is 4. The lowest BCUT2D eigenvalue weighted by molar-refractivity contribution is 0.0995. The largest absolute Gasteiger partial charge is 0.364 e. The Balaban J connectivity index is 2.07. The third-order valence-electron chi connectivity index (χ3n) is 3.61. The van der Waals surface area contributed by atoms with E-state index in [2.05, 4.69) is 22.2 Å². The molecule has 1 heterocycles. The highest BCUT2D eigenvalue weighted by Crippen LogP contribution is 2.19. The first-order chi connectivity index (χ1) is 11.2. The first-order valence-corrected chi connectivity index (χ1v) is 8.19. The fourth-order valence-electron chi connectivity index (χ4n) is 2.34. The van der Waals surface area contributed by atoms with E-state index in [9.17, 15) is 4.79 Å². The van der Waals surface area contributed by atoms with E-state index in [4.69, 9.17) is 5.73 Å². The SMILES string of the molecule is CCCCCCCNc1nc(C(N)=O)cc(-c2ccccc2)n1. The maximum atomic E-state index is 11.5. The predicted octanol–water partition coefficient (Wildman–Crippen LogP) is 3.62. The number of hydrogen-bond donors (Lipinski definition) is 2. The number of carbonyl (C=O) groups excluding carboxylic acids is 1. The minimum atomic E-state index is -0.546. The second-order valence-electron chi connectivity index (χ2n) is 5.53. The van der Waals surface area contributed by atoms with Crippen LogP contribution in [0.2, 0.25) is 0 Å². The lowest BCUT2D eigenvalue weighted by Crippen LogP contribution is -2.16. The molecule has 0 bridgehead atoms. The van der Waals surface area contributed by atoms with Crippen LogP contribution in [0.15, 0.2) is 36.4 Å². The highest BCUT2D eigenvalue weighted by Gasteiger charge is 2.10. The lowest BCUT2D eigenvalue weighted by Gasteiger charge is -2.09. The van der Waals surface area contributed by atoms with E-state index in [1.807, 2.05) is 30.3 Å². The van der Waals surface area contributed by atoms with Crippen molar-refractivity contribution >= 4 is 11.9 Å². The topological polar surface area (TPSA) is 80.9 Å². The predicted molar refractivity (Wildman–Crippen MR) is 93.2 cm³/mol. The molecule has 122 valence electrons. The summed E-state index contributed by atoms with van der Waals surface area (Å²) in [6.07, 6.45) is 5.99. The van der Waals surface area contributed by atoms with Gasteiger partial charge in [-0.2, -0.15) is 0 Å². The fourth-order valence-corrected chi connectivity index (χ4v) is 2.34. The number of aromatic nitrogens is 2. The Morgan fingerprint density at radius 2 is 1.83 bits per heavy atom. The van der Waals surface area contributed by atoms with Gasteiger partial charge in [0.25, 0.3) is 5.91 Å². The van der Waals surface area contributed by atoms with E-state index >= 15 is 0 Å². The van der Waals surface area contributed by atoms with Crippen LogP contribution in [0.3, 0.4) is 0 Å². The maximum absolute atomic E-state index is 11.5. The average Bonchev–Trinajstić information content (AvgIpc) is 2.58. The summed E-state index contributed by atoms with van der Waals surface area (Å²) in [7, 11) is 0. The molecule has 0 saturated heterocycles. The standard InChI is InChI=1S/C18H24N4O/c1-2-3-4-5-9-12-20-18-21-15(13-16(22-18)17(19)23)14-10-7-6-8-11-14/h6-8,10-11,13H,2-5,9,12H2,1H3,(H2,19,23)(H,20,21,22). The minimum Gasteiger partial charge on any atom is -0.364 e. The van der Waals surface area contributed by atoms with E-state index in [0.29, 0.717) is 11.6 Å². The average molecular weight is 312 g/mol. The van der Waals surface area contributed by atoms with Crippen molar-refractivity contribution in [2.24, 2.45) is 5.73 Å². The number of benzene rings is 1. The van der Waals surface area contributed by atoms with Gasteiger partial charge in [0.1, 0.15) is 5.69 Å². The van der Waals surface area contributed by atoms with Crippen LogP contribution in [0.1, 0.15) is 49.5 Å². The van der Waals surface area contributed by atoms with Crippen molar-refractivity contribution in [1.82, 2.24) is 9.97 Å². The minimum absolute atomic E-state index is 0.229. The van der Waals surface area contributed by atoms with Crippen molar-refractivity contribution in [3.63, 3.8) is 0 Å². The molecule has 1 aromatic heterocycles. The first kappa shape index (κ1) is 16.9. The molecule has 0 atom stereocenters. The molecule has 0 unspecified atom stereocenters. The fraction of sp³-hybridized carbons (Fsp3) is 0.389. The first-order valence-electron chi connectivity index (χ1n) is 8.19. The van der Waals surface area contributed by atoms with E-state index in [0.717, 1.165) is 18.5 Å². The van der Waals surface area contributed by atoms with Gasteiger partial charge in [-0.25, -0.2) is 9.97 Å². The normalized spacial score (nSPS) is 10.5. The van der Waals surface area contributed by atoms with Gasteiger partial charge in [-0.3, -0.25) is 4.79 Å². The van der Waals surface area contributed by atoms with Gasteiger partial charge in [0.15, 0.2) is 0 Å². The van der Waals surface area contributed by atoms with Gasteiger partial charge in [0.05, 0.1) is 5.69 Å². The smallest absolute Gasteiger partial charge is 0.267 e. The summed E-state index contributed by atoms with van der Waals surface area (Å²) < 4.78 is 0. The van der Waals surface area contributed by atoms with Gasteiger partial charge < -0.3 is 11.1 Å². The molecule has 5 nitrogen and oxygen atoms in total. The van der Waals surface area contributed by atoms with Gasteiger partial charge in [-0.05, 0) is 12.5 Å². The number of rotatable bonds is 9. The van der Waals surface area contributed by atoms with Gasteiger partial charge in [0, 0.05) is 12.1 Å². The molecule has 0 saturated carbocycles. The molecule has 23 heavy (non-hydrogen) atoms. The maximum Gasteiger partial charge on any atom is 0.267 e. The lowest BCUT2D eigenvalue weighted by atomic mass is 10.1. The summed E-state index contributed by atoms with van der Waals surface area (Å²) in [5, 5.41) is 3.20. The van der Waals surface area contributed by atoms with Crippen LogP contribution in [0.5, 0.6) is 0 Å². The van der Waals surface area contributed by atoms with Crippen molar-refractivity contribution in [2.75, 3.05) is 11.9 Å². The molecule has 0 radical (unpaired) electrons. The number of nitrogens with two attached hydrogens (primary N) is 1. The molecular weight excluding hydrogens is 288 g/mol. The molecule has 0 aliphatic heterocycles. The van der Waals surface area contributed by atoms with Crippen molar-refractivity contribution in [1.29, 1.82) is 0 Å². The van der Waals surface area contributed by atoms with Gasteiger partial charge in [-0.15, -0.1) is 0 Å². The van der Waals surface area contributed by atoms with E-state index in [-0.39, 0.29) is 5.69 Å². The molecular formula is C18H24N4O. The number of nitrogens with one attached hydrogen (secondary N) is 1. The van der Waals surface area contributed by atoms with Crippen molar-refractivity contribution in [3.8, 4) is 11.3 Å². The van der Waals surface area contributed by atoms with E-state index < -0.39 is 5.91 Å². The summed E-state index contributed by atoms with van der Waals surface area (Å²) in [5.74, 6) is -0.0915. The van der Waals surface area contributed by atoms with Crippen molar-refractivity contribution in [2.45, 2.75) is 39.0 Å². The van der Waals surface area contributed by atoms with E-state index in [1.54, 1.807) is 6.07 Å². The third kappa shape index (κ3) is 5.36. The monoisotopic (exact) mass is 312 g/mol. The van der Waals surface area contributed by atoms with Crippen molar-refractivity contribution < 1.29 is 4.79 Å². The zero-order valence-electron chi connectivity index (χ0n) is 13.6. The number of carbonyl (C=O) groups is 1. The summed E-state index contributed by atoms with van der Waals surface area (Å²) >= 11 is 0. The number of primary amides is 1. The Bertz CT molecular complexity index is 628. The third-order valence-corrected chi connectivity index (χ3v) is 3.61. The quantitative estimate of drug-likeness (QED) is 0.693. The van der Waals surface area contributed by atoms with E-state index in [1.165, 1.54) is 25.7 Å². The van der Waals surface area contributed by atoms with Crippen LogP contribution in [0.25, 0.3) is 11.3 Å². The number of anilines is 1. The molecule has 5 heteroatoms. The van der Waals surface area contributed by atoms with Gasteiger partial charge in [-0.1, -0.05) is 62.9 Å². The number of amides is 1. The Hall–Kier alpha value is -2.43. The molecule has 3 N–H and O–H groups in total. The van der Waals surface area contributed by atoms with Crippen LogP contribution >= 0.6 is 0 Å². The molecule has 1 amide bonds. The molecule has 0 aliphatic rings. The summed E-state index contributed by atoms with van der Waals surface area (Å²) in [6, 6.07) is 11.3. The van der Waals surface area contributed by atoms with Gasteiger partial charge in [0.2, 0.25) is 5.95 Å². The van der Waals surface area contributed by atoms with Crippen molar-refractivity contribution in [3.05, 3.63) is 42.1 Å². The molecule has 0 fully saturated rings. The number of nitrogens with zero attached hydrogens (tertiary/aromatic N) is 2. The highest BCUT2D eigenvalue weighted by molar-refractivity contribution is 5.92. The van der Waals surface area contributed by atoms with Crippen LogP contribution in [0.4, 0.5) is 5.95 Å². The summed E-state index contributed by atoms with van der Waals surface area (Å²) in [4.78, 5) is 20.2. The zero-order valence-corrected chi connectivity index (χ0v) is 13.6. The van der Waals surface area contributed by atoms with Crippen LogP contribution < -0.4 is 11.1 Å². The van der Waals surface area contributed by atoms with Gasteiger partial charge >= 0.3 is 0 Å². The second-order valence-corrected chi connectivity index (χ2v) is 5.53. The molecule has 0 aliphatic carbocycles. The molecule has 1 aromatic carbocycles. The summed E-state index contributed by atoms with van der Waals surface area (Å²) in [5.41, 5.74) is 7.24. The molecule has 0 spiro atoms. The van der Waals surface area contributed by atoms with Crippen LogP contribution in [-0.4, -0.2) is 22.4 Å².